The monoisotopic (exact) mass is 297 g/mol. The van der Waals surface area contributed by atoms with Gasteiger partial charge in [-0.25, -0.2) is 0 Å². The van der Waals surface area contributed by atoms with Crippen molar-refractivity contribution in [3.8, 4) is 0 Å². The van der Waals surface area contributed by atoms with Gasteiger partial charge in [0, 0.05) is 11.9 Å². The SMILES string of the molecule is Cc1ccc(NC(=O)CC(=O)NCc2ccccn2)c(C)c1. The van der Waals surface area contributed by atoms with Gasteiger partial charge in [-0.15, -0.1) is 0 Å². The Balaban J connectivity index is 1.82. The van der Waals surface area contributed by atoms with E-state index in [1.54, 1.807) is 6.20 Å². The third kappa shape index (κ3) is 4.70. The fourth-order valence-electron chi connectivity index (χ4n) is 2.05. The summed E-state index contributed by atoms with van der Waals surface area (Å²) in [7, 11) is 0. The van der Waals surface area contributed by atoms with Gasteiger partial charge < -0.3 is 10.6 Å². The minimum atomic E-state index is -0.328. The highest BCUT2D eigenvalue weighted by atomic mass is 16.2. The lowest BCUT2D eigenvalue weighted by atomic mass is 10.1. The van der Waals surface area contributed by atoms with Gasteiger partial charge in [-0.3, -0.25) is 14.6 Å². The number of benzene rings is 1. The number of aromatic nitrogens is 1. The molecule has 0 aliphatic heterocycles. The highest BCUT2D eigenvalue weighted by Crippen LogP contribution is 2.16. The lowest BCUT2D eigenvalue weighted by Crippen LogP contribution is -2.28. The third-order valence-electron chi connectivity index (χ3n) is 3.17. The van der Waals surface area contributed by atoms with E-state index in [0.717, 1.165) is 22.5 Å². The van der Waals surface area contributed by atoms with Crippen molar-refractivity contribution < 1.29 is 9.59 Å². The van der Waals surface area contributed by atoms with Crippen LogP contribution in [-0.4, -0.2) is 16.8 Å². The zero-order valence-electron chi connectivity index (χ0n) is 12.7. The average Bonchev–Trinajstić information content (AvgIpc) is 2.49. The molecule has 2 amide bonds. The minimum Gasteiger partial charge on any atom is -0.350 e. The lowest BCUT2D eigenvalue weighted by molar-refractivity contribution is -0.126. The van der Waals surface area contributed by atoms with Crippen molar-refractivity contribution in [2.24, 2.45) is 0 Å². The normalized spacial score (nSPS) is 10.1. The zero-order chi connectivity index (χ0) is 15.9. The summed E-state index contributed by atoms with van der Waals surface area (Å²) < 4.78 is 0. The van der Waals surface area contributed by atoms with Crippen LogP contribution in [0.4, 0.5) is 5.69 Å². The van der Waals surface area contributed by atoms with E-state index in [1.165, 1.54) is 0 Å². The molecule has 0 atom stereocenters. The van der Waals surface area contributed by atoms with Gasteiger partial charge in [0.05, 0.1) is 12.2 Å². The molecule has 2 aromatic rings. The topological polar surface area (TPSA) is 71.1 Å². The molecule has 0 radical (unpaired) electrons. The summed E-state index contributed by atoms with van der Waals surface area (Å²) >= 11 is 0. The molecule has 0 aliphatic carbocycles. The second-order valence-corrected chi connectivity index (χ2v) is 5.14. The first-order chi connectivity index (χ1) is 10.5. The molecule has 0 fully saturated rings. The summed E-state index contributed by atoms with van der Waals surface area (Å²) in [5.41, 5.74) is 3.59. The number of rotatable bonds is 5. The Bertz CT molecular complexity index is 669. The molecule has 2 N–H and O–H groups in total. The largest absolute Gasteiger partial charge is 0.350 e. The number of carbonyl (C=O) groups is 2. The lowest BCUT2D eigenvalue weighted by Gasteiger charge is -2.09. The molecule has 0 unspecified atom stereocenters. The number of nitrogens with one attached hydrogen (secondary N) is 2. The van der Waals surface area contributed by atoms with Crippen LogP contribution in [0, 0.1) is 13.8 Å². The van der Waals surface area contributed by atoms with E-state index >= 15 is 0 Å². The molecule has 114 valence electrons. The van der Waals surface area contributed by atoms with Gasteiger partial charge in [-0.1, -0.05) is 23.8 Å². The summed E-state index contributed by atoms with van der Waals surface area (Å²) in [4.78, 5) is 27.7. The maximum absolute atomic E-state index is 11.9. The van der Waals surface area contributed by atoms with Gasteiger partial charge in [-0.05, 0) is 37.6 Å². The van der Waals surface area contributed by atoms with E-state index in [0.29, 0.717) is 6.54 Å². The summed E-state index contributed by atoms with van der Waals surface area (Å²) in [5.74, 6) is -0.654. The van der Waals surface area contributed by atoms with Crippen LogP contribution >= 0.6 is 0 Å². The smallest absolute Gasteiger partial charge is 0.233 e. The molecule has 22 heavy (non-hydrogen) atoms. The number of hydrogen-bond donors (Lipinski definition) is 2. The maximum Gasteiger partial charge on any atom is 0.233 e. The number of pyridine rings is 1. The molecular formula is C17H19N3O2. The molecule has 5 heteroatoms. The molecule has 0 bridgehead atoms. The molecule has 1 aromatic heterocycles. The van der Waals surface area contributed by atoms with Gasteiger partial charge in [0.15, 0.2) is 0 Å². The molecule has 2 rings (SSSR count). The first-order valence-electron chi connectivity index (χ1n) is 7.08. The predicted molar refractivity (Wildman–Crippen MR) is 85.2 cm³/mol. The first kappa shape index (κ1) is 15.7. The third-order valence-corrected chi connectivity index (χ3v) is 3.17. The number of anilines is 1. The van der Waals surface area contributed by atoms with E-state index in [2.05, 4.69) is 15.6 Å². The number of aryl methyl sites for hydroxylation is 2. The summed E-state index contributed by atoms with van der Waals surface area (Å²) in [6.45, 7) is 4.23. The molecule has 0 saturated heterocycles. The highest BCUT2D eigenvalue weighted by Gasteiger charge is 2.10. The Hall–Kier alpha value is -2.69. The van der Waals surface area contributed by atoms with Crippen molar-refractivity contribution in [2.75, 3.05) is 5.32 Å². The molecule has 5 nitrogen and oxygen atoms in total. The maximum atomic E-state index is 11.9. The van der Waals surface area contributed by atoms with Crippen LogP contribution in [0.15, 0.2) is 42.6 Å². The van der Waals surface area contributed by atoms with Crippen LogP contribution in [0.3, 0.4) is 0 Å². The van der Waals surface area contributed by atoms with Crippen molar-refractivity contribution in [2.45, 2.75) is 26.8 Å². The Morgan fingerprint density at radius 1 is 1.09 bits per heavy atom. The Morgan fingerprint density at radius 2 is 1.91 bits per heavy atom. The second-order valence-electron chi connectivity index (χ2n) is 5.14. The van der Waals surface area contributed by atoms with E-state index in [-0.39, 0.29) is 18.2 Å². The fraction of sp³-hybridized carbons (Fsp3) is 0.235. The molecule has 0 aliphatic rings. The van der Waals surface area contributed by atoms with Crippen molar-refractivity contribution in [3.63, 3.8) is 0 Å². The minimum absolute atomic E-state index is 0.208. The van der Waals surface area contributed by atoms with Gasteiger partial charge in [0.25, 0.3) is 0 Å². The van der Waals surface area contributed by atoms with Crippen LogP contribution in [0.5, 0.6) is 0 Å². The van der Waals surface area contributed by atoms with Gasteiger partial charge in [-0.2, -0.15) is 0 Å². The predicted octanol–water partition coefficient (Wildman–Crippen LogP) is 2.34. The van der Waals surface area contributed by atoms with E-state index in [1.807, 2.05) is 50.2 Å². The standard InChI is InChI=1S/C17H19N3O2/c1-12-6-7-15(13(2)9-12)20-17(22)10-16(21)19-11-14-5-3-4-8-18-14/h3-9H,10-11H2,1-2H3,(H,19,21)(H,20,22). The summed E-state index contributed by atoms with van der Waals surface area (Å²) in [5, 5.41) is 5.43. The van der Waals surface area contributed by atoms with Crippen molar-refractivity contribution in [1.29, 1.82) is 0 Å². The highest BCUT2D eigenvalue weighted by molar-refractivity contribution is 6.03. The van der Waals surface area contributed by atoms with Gasteiger partial charge in [0.1, 0.15) is 6.42 Å². The number of carbonyl (C=O) groups excluding carboxylic acids is 2. The van der Waals surface area contributed by atoms with Crippen LogP contribution in [0.1, 0.15) is 23.2 Å². The van der Waals surface area contributed by atoms with Crippen molar-refractivity contribution in [3.05, 3.63) is 59.4 Å². The van der Waals surface area contributed by atoms with E-state index < -0.39 is 0 Å². The number of hydrogen-bond acceptors (Lipinski definition) is 3. The quantitative estimate of drug-likeness (QED) is 0.832. The van der Waals surface area contributed by atoms with E-state index in [9.17, 15) is 9.59 Å². The fourth-order valence-corrected chi connectivity index (χ4v) is 2.05. The van der Waals surface area contributed by atoms with Crippen LogP contribution < -0.4 is 10.6 Å². The summed E-state index contributed by atoms with van der Waals surface area (Å²) in [6.07, 6.45) is 1.45. The average molecular weight is 297 g/mol. The molecule has 1 aromatic carbocycles. The van der Waals surface area contributed by atoms with Crippen molar-refractivity contribution >= 4 is 17.5 Å². The Kier molecular flexibility index (Phi) is 5.25. The molecule has 0 saturated carbocycles. The van der Waals surface area contributed by atoms with Crippen molar-refractivity contribution in [1.82, 2.24) is 10.3 Å². The first-order valence-corrected chi connectivity index (χ1v) is 7.08. The molecular weight excluding hydrogens is 278 g/mol. The van der Waals surface area contributed by atoms with E-state index in [4.69, 9.17) is 0 Å². The number of nitrogens with zero attached hydrogens (tertiary/aromatic N) is 1. The van der Waals surface area contributed by atoms with Gasteiger partial charge in [0.2, 0.25) is 11.8 Å². The van der Waals surface area contributed by atoms with Crippen LogP contribution in [0.25, 0.3) is 0 Å². The Labute approximate surface area is 129 Å². The van der Waals surface area contributed by atoms with Gasteiger partial charge >= 0.3 is 0 Å². The summed E-state index contributed by atoms with van der Waals surface area (Å²) in [6, 6.07) is 11.2. The zero-order valence-corrected chi connectivity index (χ0v) is 12.7. The second kappa shape index (κ2) is 7.36. The molecule has 0 spiro atoms. The van der Waals surface area contributed by atoms with Crippen LogP contribution in [0.2, 0.25) is 0 Å². The molecule has 1 heterocycles. The van der Waals surface area contributed by atoms with Crippen LogP contribution in [-0.2, 0) is 16.1 Å². The Morgan fingerprint density at radius 3 is 2.59 bits per heavy atom. The number of amides is 2.